The number of halogens is 1. The highest BCUT2D eigenvalue weighted by Crippen LogP contribution is 2.24. The summed E-state index contributed by atoms with van der Waals surface area (Å²) in [5.41, 5.74) is 1.69. The molecule has 1 aromatic carbocycles. The van der Waals surface area contributed by atoms with Crippen LogP contribution in [0.25, 0.3) is 0 Å². The standard InChI is InChI=1S/C12H13ClN2/c13-12-5-4-11(8-10(12)9-14)15-6-2-1-3-7-15/h4-5,8H,1-3,6-7H2. The third-order valence-corrected chi connectivity index (χ3v) is 3.12. The SMILES string of the molecule is N#Cc1cc(N2CCCCC2)ccc1Cl. The molecule has 2 nitrogen and oxygen atoms in total. The van der Waals surface area contributed by atoms with E-state index < -0.39 is 0 Å². The number of hydrogen-bond acceptors (Lipinski definition) is 2. The van der Waals surface area contributed by atoms with Crippen molar-refractivity contribution >= 4 is 17.3 Å². The maximum Gasteiger partial charge on any atom is 0.101 e. The molecule has 0 atom stereocenters. The molecule has 1 aromatic rings. The van der Waals surface area contributed by atoms with Gasteiger partial charge in [-0.25, -0.2) is 0 Å². The fraction of sp³-hybridized carbons (Fsp3) is 0.417. The van der Waals surface area contributed by atoms with Crippen LogP contribution in [0, 0.1) is 11.3 Å². The number of anilines is 1. The van der Waals surface area contributed by atoms with Crippen molar-refractivity contribution in [3.63, 3.8) is 0 Å². The van der Waals surface area contributed by atoms with Crippen molar-refractivity contribution in [3.8, 4) is 6.07 Å². The van der Waals surface area contributed by atoms with Gasteiger partial charge in [0.2, 0.25) is 0 Å². The van der Waals surface area contributed by atoms with Gasteiger partial charge in [0.1, 0.15) is 6.07 Å². The smallest absolute Gasteiger partial charge is 0.101 e. The topological polar surface area (TPSA) is 27.0 Å². The van der Waals surface area contributed by atoms with Gasteiger partial charge in [-0.15, -0.1) is 0 Å². The Bertz CT molecular complexity index is 389. The van der Waals surface area contributed by atoms with Crippen LogP contribution in [-0.2, 0) is 0 Å². The van der Waals surface area contributed by atoms with Gasteiger partial charge in [-0.05, 0) is 37.5 Å². The van der Waals surface area contributed by atoms with Crippen LogP contribution >= 0.6 is 11.6 Å². The molecular weight excluding hydrogens is 208 g/mol. The third kappa shape index (κ3) is 2.24. The largest absolute Gasteiger partial charge is 0.371 e. The molecule has 15 heavy (non-hydrogen) atoms. The molecule has 0 unspecified atom stereocenters. The van der Waals surface area contributed by atoms with Crippen LogP contribution in [-0.4, -0.2) is 13.1 Å². The third-order valence-electron chi connectivity index (χ3n) is 2.79. The summed E-state index contributed by atoms with van der Waals surface area (Å²) in [5, 5.41) is 9.43. The number of benzene rings is 1. The normalized spacial score (nSPS) is 16.1. The molecule has 0 amide bonds. The van der Waals surface area contributed by atoms with Gasteiger partial charge in [0.05, 0.1) is 10.6 Å². The average molecular weight is 221 g/mol. The minimum atomic E-state index is 0.540. The van der Waals surface area contributed by atoms with E-state index >= 15 is 0 Å². The molecule has 0 aromatic heterocycles. The molecule has 0 N–H and O–H groups in total. The van der Waals surface area contributed by atoms with E-state index in [1.54, 1.807) is 0 Å². The molecule has 78 valence electrons. The minimum Gasteiger partial charge on any atom is -0.371 e. The van der Waals surface area contributed by atoms with E-state index in [1.807, 2.05) is 18.2 Å². The Balaban J connectivity index is 2.25. The molecule has 0 bridgehead atoms. The van der Waals surface area contributed by atoms with Crippen LogP contribution in [0.4, 0.5) is 5.69 Å². The van der Waals surface area contributed by atoms with Crippen molar-refractivity contribution in [2.45, 2.75) is 19.3 Å². The second-order valence-corrected chi connectivity index (χ2v) is 4.23. The quantitative estimate of drug-likeness (QED) is 0.727. The molecule has 2 rings (SSSR count). The van der Waals surface area contributed by atoms with Gasteiger partial charge in [-0.3, -0.25) is 0 Å². The molecule has 0 radical (unpaired) electrons. The van der Waals surface area contributed by atoms with Crippen LogP contribution in [0.2, 0.25) is 5.02 Å². The lowest BCUT2D eigenvalue weighted by Gasteiger charge is -2.28. The molecule has 1 fully saturated rings. The van der Waals surface area contributed by atoms with Crippen LogP contribution < -0.4 is 4.90 Å². The number of rotatable bonds is 1. The first-order chi connectivity index (χ1) is 7.31. The van der Waals surface area contributed by atoms with Gasteiger partial charge in [-0.2, -0.15) is 5.26 Å². The zero-order valence-electron chi connectivity index (χ0n) is 8.54. The molecule has 1 heterocycles. The number of nitriles is 1. The Morgan fingerprint density at radius 3 is 2.60 bits per heavy atom. The van der Waals surface area contributed by atoms with E-state index in [4.69, 9.17) is 16.9 Å². The summed E-state index contributed by atoms with van der Waals surface area (Å²) < 4.78 is 0. The Hall–Kier alpha value is -1.20. The summed E-state index contributed by atoms with van der Waals surface area (Å²) in [6.07, 6.45) is 3.80. The van der Waals surface area contributed by atoms with Crippen LogP contribution in [0.15, 0.2) is 18.2 Å². The van der Waals surface area contributed by atoms with Crippen molar-refractivity contribution in [3.05, 3.63) is 28.8 Å². The van der Waals surface area contributed by atoms with Gasteiger partial charge in [-0.1, -0.05) is 11.6 Å². The van der Waals surface area contributed by atoms with Crippen molar-refractivity contribution in [2.75, 3.05) is 18.0 Å². The zero-order chi connectivity index (χ0) is 10.7. The summed E-state index contributed by atoms with van der Waals surface area (Å²) in [7, 11) is 0. The van der Waals surface area contributed by atoms with E-state index in [2.05, 4.69) is 11.0 Å². The van der Waals surface area contributed by atoms with Crippen LogP contribution in [0.5, 0.6) is 0 Å². The molecule has 1 saturated heterocycles. The minimum absolute atomic E-state index is 0.540. The predicted octanol–water partition coefficient (Wildman–Crippen LogP) is 3.20. The van der Waals surface area contributed by atoms with Gasteiger partial charge < -0.3 is 4.90 Å². The highest BCUT2D eigenvalue weighted by molar-refractivity contribution is 6.31. The van der Waals surface area contributed by atoms with Crippen molar-refractivity contribution in [1.82, 2.24) is 0 Å². The summed E-state index contributed by atoms with van der Waals surface area (Å²) >= 11 is 5.89. The second-order valence-electron chi connectivity index (χ2n) is 3.82. The molecule has 0 spiro atoms. The zero-order valence-corrected chi connectivity index (χ0v) is 9.30. The number of nitrogens with zero attached hydrogens (tertiary/aromatic N) is 2. The molecule has 1 aliphatic rings. The van der Waals surface area contributed by atoms with E-state index in [0.717, 1.165) is 18.8 Å². The Labute approximate surface area is 95.1 Å². The van der Waals surface area contributed by atoms with Gasteiger partial charge in [0, 0.05) is 18.8 Å². The molecule has 1 aliphatic heterocycles. The van der Waals surface area contributed by atoms with Gasteiger partial charge in [0.15, 0.2) is 0 Å². The summed E-state index contributed by atoms with van der Waals surface area (Å²) in [5.74, 6) is 0. The van der Waals surface area contributed by atoms with Crippen molar-refractivity contribution in [2.24, 2.45) is 0 Å². The van der Waals surface area contributed by atoms with E-state index in [9.17, 15) is 0 Å². The molecule has 3 heteroatoms. The average Bonchev–Trinajstić information content (AvgIpc) is 2.31. The Kier molecular flexibility index (Phi) is 3.13. The summed E-state index contributed by atoms with van der Waals surface area (Å²) in [6.45, 7) is 2.18. The maximum absolute atomic E-state index is 8.89. The van der Waals surface area contributed by atoms with Crippen LogP contribution in [0.1, 0.15) is 24.8 Å². The first-order valence-electron chi connectivity index (χ1n) is 5.26. The number of hydrogen-bond donors (Lipinski definition) is 0. The van der Waals surface area contributed by atoms with Crippen LogP contribution in [0.3, 0.4) is 0 Å². The summed E-state index contributed by atoms with van der Waals surface area (Å²) in [4.78, 5) is 2.32. The highest BCUT2D eigenvalue weighted by atomic mass is 35.5. The van der Waals surface area contributed by atoms with Gasteiger partial charge in [0.25, 0.3) is 0 Å². The molecular formula is C12H13ClN2. The lowest BCUT2D eigenvalue weighted by Crippen LogP contribution is -2.29. The Morgan fingerprint density at radius 1 is 1.20 bits per heavy atom. The van der Waals surface area contributed by atoms with Gasteiger partial charge >= 0.3 is 0 Å². The van der Waals surface area contributed by atoms with E-state index in [0.29, 0.717) is 10.6 Å². The predicted molar refractivity (Wildman–Crippen MR) is 62.2 cm³/mol. The lowest BCUT2D eigenvalue weighted by atomic mass is 10.1. The second kappa shape index (κ2) is 4.55. The fourth-order valence-electron chi connectivity index (χ4n) is 1.95. The highest BCUT2D eigenvalue weighted by Gasteiger charge is 2.12. The monoisotopic (exact) mass is 220 g/mol. The van der Waals surface area contributed by atoms with E-state index in [-0.39, 0.29) is 0 Å². The van der Waals surface area contributed by atoms with E-state index in [1.165, 1.54) is 19.3 Å². The molecule has 0 saturated carbocycles. The lowest BCUT2D eigenvalue weighted by molar-refractivity contribution is 0.578. The molecule has 0 aliphatic carbocycles. The maximum atomic E-state index is 8.89. The first-order valence-corrected chi connectivity index (χ1v) is 5.63. The summed E-state index contributed by atoms with van der Waals surface area (Å²) in [6, 6.07) is 7.80. The first kappa shape index (κ1) is 10.3. The van der Waals surface area contributed by atoms with Crippen molar-refractivity contribution in [1.29, 1.82) is 5.26 Å². The number of piperidine rings is 1. The fourth-order valence-corrected chi connectivity index (χ4v) is 2.11. The van der Waals surface area contributed by atoms with Crippen molar-refractivity contribution < 1.29 is 0 Å². The Morgan fingerprint density at radius 2 is 1.93 bits per heavy atom.